The second-order valence-electron chi connectivity index (χ2n) is 4.97. The van der Waals surface area contributed by atoms with Crippen LogP contribution in [0.15, 0.2) is 34.9 Å². The predicted molar refractivity (Wildman–Crippen MR) is 82.4 cm³/mol. The van der Waals surface area contributed by atoms with Gasteiger partial charge in [-0.15, -0.1) is 0 Å². The number of ether oxygens (including phenoxy) is 1. The molecule has 0 spiro atoms. The summed E-state index contributed by atoms with van der Waals surface area (Å²) in [7, 11) is 0. The van der Waals surface area contributed by atoms with Gasteiger partial charge in [-0.3, -0.25) is 0 Å². The Balaban J connectivity index is 2.12. The van der Waals surface area contributed by atoms with Crippen LogP contribution in [0.1, 0.15) is 35.9 Å². The number of anilines is 1. The molecule has 0 bridgehead atoms. The third-order valence-corrected chi connectivity index (χ3v) is 3.50. The second-order valence-corrected chi connectivity index (χ2v) is 5.89. The van der Waals surface area contributed by atoms with E-state index < -0.39 is 11.8 Å². The van der Waals surface area contributed by atoms with Crippen molar-refractivity contribution < 1.29 is 13.9 Å². The number of hydrogen-bond acceptors (Lipinski definition) is 3. The third kappa shape index (κ3) is 3.64. The van der Waals surface area contributed by atoms with Crippen molar-refractivity contribution >= 4 is 27.6 Å². The van der Waals surface area contributed by atoms with Crippen molar-refractivity contribution in [3.63, 3.8) is 0 Å². The summed E-state index contributed by atoms with van der Waals surface area (Å²) in [5.74, 6) is -0.946. The molecule has 0 radical (unpaired) electrons. The van der Waals surface area contributed by atoms with E-state index in [9.17, 15) is 9.18 Å². The molecule has 0 fully saturated rings. The molecule has 0 aliphatic rings. The summed E-state index contributed by atoms with van der Waals surface area (Å²) in [6, 6.07) is 6.23. The Morgan fingerprint density at radius 2 is 2.14 bits per heavy atom. The number of nitrogens with two attached hydrogens (primary N) is 1. The highest BCUT2D eigenvalue weighted by molar-refractivity contribution is 9.10. The minimum absolute atomic E-state index is 0.0780. The first-order chi connectivity index (χ1) is 9.88. The Morgan fingerprint density at radius 1 is 1.43 bits per heavy atom. The molecule has 0 amide bonds. The molecule has 4 nitrogen and oxygen atoms in total. The number of carbonyl (C=O) groups excluding carboxylic acids is 1. The van der Waals surface area contributed by atoms with Crippen molar-refractivity contribution in [3.8, 4) is 0 Å². The highest BCUT2D eigenvalue weighted by Crippen LogP contribution is 2.19. The summed E-state index contributed by atoms with van der Waals surface area (Å²) < 4.78 is 21.2. The molecule has 1 aromatic carbocycles. The molecule has 0 saturated heterocycles. The van der Waals surface area contributed by atoms with E-state index in [4.69, 9.17) is 10.5 Å². The summed E-state index contributed by atoms with van der Waals surface area (Å²) in [6.45, 7) is 3.75. The van der Waals surface area contributed by atoms with E-state index in [1.165, 1.54) is 6.07 Å². The lowest BCUT2D eigenvalue weighted by atomic mass is 10.2. The summed E-state index contributed by atoms with van der Waals surface area (Å²) in [4.78, 5) is 12.1. The van der Waals surface area contributed by atoms with Gasteiger partial charge in [0.25, 0.3) is 0 Å². The van der Waals surface area contributed by atoms with Crippen LogP contribution < -0.4 is 5.73 Å². The van der Waals surface area contributed by atoms with Crippen molar-refractivity contribution in [3.05, 3.63) is 52.0 Å². The van der Waals surface area contributed by atoms with Gasteiger partial charge in [-0.2, -0.15) is 0 Å². The average molecular weight is 355 g/mol. The summed E-state index contributed by atoms with van der Waals surface area (Å²) in [5.41, 5.74) is 6.88. The lowest BCUT2D eigenvalue weighted by Gasteiger charge is -2.12. The van der Waals surface area contributed by atoms with Crippen LogP contribution in [0.5, 0.6) is 0 Å². The van der Waals surface area contributed by atoms with Crippen LogP contribution in [-0.2, 0) is 11.3 Å². The zero-order valence-electron chi connectivity index (χ0n) is 11.8. The molecule has 0 aliphatic heterocycles. The van der Waals surface area contributed by atoms with Crippen LogP contribution in [0.25, 0.3) is 0 Å². The normalized spacial score (nSPS) is 10.9. The number of hydrogen-bond donors (Lipinski definition) is 1. The van der Waals surface area contributed by atoms with E-state index >= 15 is 0 Å². The maximum atomic E-state index is 13.7. The van der Waals surface area contributed by atoms with Crippen molar-refractivity contribution in [2.24, 2.45) is 0 Å². The summed E-state index contributed by atoms with van der Waals surface area (Å²) in [5, 5.41) is 0. The zero-order valence-corrected chi connectivity index (χ0v) is 13.4. The monoisotopic (exact) mass is 354 g/mol. The molecule has 21 heavy (non-hydrogen) atoms. The predicted octanol–water partition coefficient (Wildman–Crippen LogP) is 3.91. The maximum absolute atomic E-state index is 13.7. The molecule has 0 saturated carbocycles. The van der Waals surface area contributed by atoms with E-state index in [0.29, 0.717) is 21.4 Å². The standard InChI is InChI=1S/C15H16BrFN2O2/c1-9(2)19-7-12(18)6-14(19)15(20)21-8-10-3-4-11(16)5-13(10)17/h3-7,9H,8,18H2,1-2H3. The fourth-order valence-corrected chi connectivity index (χ4v) is 2.28. The first-order valence-electron chi connectivity index (χ1n) is 6.47. The molecule has 1 heterocycles. The highest BCUT2D eigenvalue weighted by Gasteiger charge is 2.17. The number of nitrogens with zero attached hydrogens (tertiary/aromatic N) is 1. The SMILES string of the molecule is CC(C)n1cc(N)cc1C(=O)OCc1ccc(Br)cc1F. The topological polar surface area (TPSA) is 57.2 Å². The minimum atomic E-state index is -0.525. The van der Waals surface area contributed by atoms with Gasteiger partial charge in [0.1, 0.15) is 18.1 Å². The fraction of sp³-hybridized carbons (Fsp3) is 0.267. The van der Waals surface area contributed by atoms with Gasteiger partial charge in [0.15, 0.2) is 0 Å². The van der Waals surface area contributed by atoms with Gasteiger partial charge in [0.05, 0.1) is 5.69 Å². The van der Waals surface area contributed by atoms with Crippen LogP contribution in [0, 0.1) is 5.82 Å². The van der Waals surface area contributed by atoms with Crippen LogP contribution in [0.4, 0.5) is 10.1 Å². The lowest BCUT2D eigenvalue weighted by Crippen LogP contribution is -2.13. The first kappa shape index (κ1) is 15.6. The first-order valence-corrected chi connectivity index (χ1v) is 7.26. The number of aromatic nitrogens is 1. The van der Waals surface area contributed by atoms with E-state index in [2.05, 4.69) is 15.9 Å². The average Bonchev–Trinajstić information content (AvgIpc) is 2.80. The summed E-state index contributed by atoms with van der Waals surface area (Å²) in [6.07, 6.45) is 1.68. The third-order valence-electron chi connectivity index (χ3n) is 3.01. The largest absolute Gasteiger partial charge is 0.456 e. The fourth-order valence-electron chi connectivity index (χ4n) is 1.95. The molecule has 0 aliphatic carbocycles. The van der Waals surface area contributed by atoms with Crippen molar-refractivity contribution in [2.75, 3.05) is 5.73 Å². The van der Waals surface area contributed by atoms with Gasteiger partial charge in [-0.1, -0.05) is 22.0 Å². The van der Waals surface area contributed by atoms with E-state index in [0.717, 1.165) is 0 Å². The highest BCUT2D eigenvalue weighted by atomic mass is 79.9. The van der Waals surface area contributed by atoms with Crippen molar-refractivity contribution in [1.29, 1.82) is 0 Å². The van der Waals surface area contributed by atoms with Gasteiger partial charge in [0, 0.05) is 22.3 Å². The smallest absolute Gasteiger partial charge is 0.355 e. The van der Waals surface area contributed by atoms with Gasteiger partial charge in [-0.25, -0.2) is 9.18 Å². The van der Waals surface area contributed by atoms with Crippen LogP contribution >= 0.6 is 15.9 Å². The van der Waals surface area contributed by atoms with Gasteiger partial charge in [0.2, 0.25) is 0 Å². The Labute approximate surface area is 130 Å². The number of halogens is 2. The molecule has 112 valence electrons. The maximum Gasteiger partial charge on any atom is 0.355 e. The number of carbonyl (C=O) groups is 1. The lowest BCUT2D eigenvalue weighted by molar-refractivity contribution is 0.0454. The number of benzene rings is 1. The number of nitrogen functional groups attached to an aromatic ring is 1. The van der Waals surface area contributed by atoms with Crippen LogP contribution in [0.2, 0.25) is 0 Å². The van der Waals surface area contributed by atoms with Gasteiger partial charge in [-0.05, 0) is 32.0 Å². The molecule has 0 atom stereocenters. The Bertz CT molecular complexity index is 668. The summed E-state index contributed by atoms with van der Waals surface area (Å²) >= 11 is 3.18. The molecule has 2 aromatic rings. The van der Waals surface area contributed by atoms with E-state index in [-0.39, 0.29) is 12.6 Å². The van der Waals surface area contributed by atoms with E-state index in [1.807, 2.05) is 13.8 Å². The van der Waals surface area contributed by atoms with Crippen LogP contribution in [-0.4, -0.2) is 10.5 Å². The van der Waals surface area contributed by atoms with Crippen LogP contribution in [0.3, 0.4) is 0 Å². The number of esters is 1. The Hall–Kier alpha value is -1.82. The van der Waals surface area contributed by atoms with Crippen molar-refractivity contribution in [2.45, 2.75) is 26.5 Å². The van der Waals surface area contributed by atoms with Gasteiger partial charge >= 0.3 is 5.97 Å². The quantitative estimate of drug-likeness (QED) is 0.846. The van der Waals surface area contributed by atoms with E-state index in [1.54, 1.807) is 29.0 Å². The molecule has 2 N–H and O–H groups in total. The van der Waals surface area contributed by atoms with Gasteiger partial charge < -0.3 is 15.0 Å². The molecular weight excluding hydrogens is 339 g/mol. The molecule has 6 heteroatoms. The molecule has 1 aromatic heterocycles. The molecule has 0 unspecified atom stereocenters. The molecular formula is C15H16BrFN2O2. The zero-order chi connectivity index (χ0) is 15.6. The second kappa shape index (κ2) is 6.30. The Kier molecular flexibility index (Phi) is 4.67. The number of rotatable bonds is 4. The Morgan fingerprint density at radius 3 is 2.76 bits per heavy atom. The van der Waals surface area contributed by atoms with Crippen molar-refractivity contribution in [1.82, 2.24) is 4.57 Å². The minimum Gasteiger partial charge on any atom is -0.456 e. The molecule has 2 rings (SSSR count).